The van der Waals surface area contributed by atoms with Gasteiger partial charge in [0.15, 0.2) is 0 Å². The van der Waals surface area contributed by atoms with Crippen LogP contribution in [0.5, 0.6) is 5.75 Å². The van der Waals surface area contributed by atoms with E-state index < -0.39 is 0 Å². The standard InChI is InChI=1S/C20H22N4O3/c1-13-7-6-12-24-18(14(2)22-19(13)24)20(27)21-11-5-10-17(26)23-15-8-3-4-9-16(15)25/h3-4,6-9,12,25H,5,10-11H2,1-2H3,(H,21,27)(H,23,26). The molecule has 7 heteroatoms. The summed E-state index contributed by atoms with van der Waals surface area (Å²) < 4.78 is 1.78. The van der Waals surface area contributed by atoms with Crippen molar-refractivity contribution >= 4 is 23.1 Å². The lowest BCUT2D eigenvalue weighted by Crippen LogP contribution is -2.27. The minimum atomic E-state index is -0.216. The number of phenolic OH excluding ortho intramolecular Hbond substituents is 1. The van der Waals surface area contributed by atoms with Gasteiger partial charge in [0.2, 0.25) is 5.91 Å². The summed E-state index contributed by atoms with van der Waals surface area (Å²) in [6.07, 6.45) is 2.54. The van der Waals surface area contributed by atoms with Crippen molar-refractivity contribution in [2.75, 3.05) is 11.9 Å². The van der Waals surface area contributed by atoms with Gasteiger partial charge in [0.1, 0.15) is 17.1 Å². The highest BCUT2D eigenvalue weighted by atomic mass is 16.3. The number of amides is 2. The highest BCUT2D eigenvalue weighted by Crippen LogP contribution is 2.21. The van der Waals surface area contributed by atoms with Crippen LogP contribution in [0.25, 0.3) is 5.65 Å². The first-order valence-corrected chi connectivity index (χ1v) is 8.77. The zero-order chi connectivity index (χ0) is 19.4. The second-order valence-electron chi connectivity index (χ2n) is 6.36. The molecule has 27 heavy (non-hydrogen) atoms. The maximum absolute atomic E-state index is 12.5. The number of aromatic hydroxyl groups is 1. The van der Waals surface area contributed by atoms with Crippen LogP contribution in [-0.2, 0) is 4.79 Å². The van der Waals surface area contributed by atoms with Gasteiger partial charge in [-0.15, -0.1) is 0 Å². The van der Waals surface area contributed by atoms with E-state index in [9.17, 15) is 14.7 Å². The summed E-state index contributed by atoms with van der Waals surface area (Å²) in [5.74, 6) is -0.406. The number of imidazole rings is 1. The van der Waals surface area contributed by atoms with E-state index in [2.05, 4.69) is 15.6 Å². The summed E-state index contributed by atoms with van der Waals surface area (Å²) in [5, 5.41) is 15.2. The largest absolute Gasteiger partial charge is 0.506 e. The third kappa shape index (κ3) is 4.08. The van der Waals surface area contributed by atoms with E-state index in [0.717, 1.165) is 11.2 Å². The Hall–Kier alpha value is -3.35. The Kier molecular flexibility index (Phi) is 5.40. The maximum Gasteiger partial charge on any atom is 0.270 e. The number of fused-ring (bicyclic) bond motifs is 1. The van der Waals surface area contributed by atoms with Crippen LogP contribution >= 0.6 is 0 Å². The number of hydrogen-bond donors (Lipinski definition) is 3. The monoisotopic (exact) mass is 366 g/mol. The van der Waals surface area contributed by atoms with E-state index in [0.29, 0.717) is 30.0 Å². The fourth-order valence-electron chi connectivity index (χ4n) is 2.92. The number of benzene rings is 1. The zero-order valence-corrected chi connectivity index (χ0v) is 15.3. The van der Waals surface area contributed by atoms with Crippen LogP contribution in [0.15, 0.2) is 42.6 Å². The van der Waals surface area contributed by atoms with Crippen molar-refractivity contribution in [1.82, 2.24) is 14.7 Å². The number of nitrogens with one attached hydrogen (secondary N) is 2. The number of pyridine rings is 1. The molecule has 3 aromatic rings. The van der Waals surface area contributed by atoms with Crippen molar-refractivity contribution in [2.24, 2.45) is 0 Å². The van der Waals surface area contributed by atoms with Crippen LogP contribution < -0.4 is 10.6 Å². The van der Waals surface area contributed by atoms with Crippen LogP contribution in [0.3, 0.4) is 0 Å². The molecule has 0 fully saturated rings. The molecule has 3 N–H and O–H groups in total. The van der Waals surface area contributed by atoms with Crippen molar-refractivity contribution in [2.45, 2.75) is 26.7 Å². The third-order valence-corrected chi connectivity index (χ3v) is 4.28. The number of aromatic nitrogens is 2. The van der Waals surface area contributed by atoms with Crippen LogP contribution in [0, 0.1) is 13.8 Å². The van der Waals surface area contributed by atoms with Crippen LogP contribution in [0.4, 0.5) is 5.69 Å². The van der Waals surface area contributed by atoms with Gasteiger partial charge in [0.25, 0.3) is 5.91 Å². The first-order valence-electron chi connectivity index (χ1n) is 8.77. The zero-order valence-electron chi connectivity index (χ0n) is 15.3. The van der Waals surface area contributed by atoms with Crippen molar-refractivity contribution in [3.8, 4) is 5.75 Å². The van der Waals surface area contributed by atoms with Gasteiger partial charge in [-0.2, -0.15) is 0 Å². The molecule has 2 heterocycles. The topological polar surface area (TPSA) is 95.7 Å². The number of anilines is 1. The summed E-state index contributed by atoms with van der Waals surface area (Å²) in [6.45, 7) is 4.12. The van der Waals surface area contributed by atoms with Crippen LogP contribution in [0.2, 0.25) is 0 Å². The molecule has 0 saturated heterocycles. The molecule has 1 aromatic carbocycles. The molecule has 2 aromatic heterocycles. The Bertz CT molecular complexity index is 994. The van der Waals surface area contributed by atoms with Gasteiger partial charge in [-0.05, 0) is 44.0 Å². The molecule has 0 bridgehead atoms. The summed E-state index contributed by atoms with van der Waals surface area (Å²) in [5.41, 5.74) is 3.32. The molecule has 0 radical (unpaired) electrons. The third-order valence-electron chi connectivity index (χ3n) is 4.28. The lowest BCUT2D eigenvalue weighted by molar-refractivity contribution is -0.116. The highest BCUT2D eigenvalue weighted by molar-refractivity contribution is 5.95. The minimum Gasteiger partial charge on any atom is -0.506 e. The molecule has 0 spiro atoms. The summed E-state index contributed by atoms with van der Waals surface area (Å²) in [6, 6.07) is 10.4. The fraction of sp³-hybridized carbons (Fsp3) is 0.250. The van der Waals surface area contributed by atoms with Crippen molar-refractivity contribution in [3.05, 3.63) is 59.5 Å². The Balaban J connectivity index is 1.53. The SMILES string of the molecule is Cc1nc2c(C)cccn2c1C(=O)NCCCC(=O)Nc1ccccc1O. The van der Waals surface area contributed by atoms with E-state index in [-0.39, 0.29) is 24.0 Å². The molecule has 2 amide bonds. The number of rotatable bonds is 6. The minimum absolute atomic E-state index is 0.0255. The summed E-state index contributed by atoms with van der Waals surface area (Å²) >= 11 is 0. The first-order chi connectivity index (χ1) is 13.0. The van der Waals surface area contributed by atoms with Gasteiger partial charge in [-0.3, -0.25) is 14.0 Å². The lowest BCUT2D eigenvalue weighted by Gasteiger charge is -2.08. The molecular formula is C20H22N4O3. The number of para-hydroxylation sites is 2. The van der Waals surface area contributed by atoms with Crippen LogP contribution in [-0.4, -0.2) is 32.9 Å². The Labute approximate surface area is 157 Å². The Morgan fingerprint density at radius 2 is 1.93 bits per heavy atom. The Morgan fingerprint density at radius 1 is 1.15 bits per heavy atom. The molecular weight excluding hydrogens is 344 g/mol. The predicted molar refractivity (Wildman–Crippen MR) is 103 cm³/mol. The van der Waals surface area contributed by atoms with Crippen molar-refractivity contribution in [3.63, 3.8) is 0 Å². The van der Waals surface area contributed by atoms with Gasteiger partial charge in [-0.1, -0.05) is 18.2 Å². The molecule has 0 saturated carbocycles. The number of hydrogen-bond acceptors (Lipinski definition) is 4. The second-order valence-corrected chi connectivity index (χ2v) is 6.36. The highest BCUT2D eigenvalue weighted by Gasteiger charge is 2.17. The van der Waals surface area contributed by atoms with E-state index in [1.54, 1.807) is 29.5 Å². The Morgan fingerprint density at radius 3 is 2.70 bits per heavy atom. The maximum atomic E-state index is 12.5. The number of carbonyl (C=O) groups excluding carboxylic acids is 2. The van der Waals surface area contributed by atoms with Gasteiger partial charge in [0, 0.05) is 19.2 Å². The van der Waals surface area contributed by atoms with Crippen LogP contribution in [0.1, 0.15) is 34.6 Å². The average molecular weight is 366 g/mol. The molecule has 3 rings (SSSR count). The molecule has 0 atom stereocenters. The molecule has 140 valence electrons. The second kappa shape index (κ2) is 7.90. The van der Waals surface area contributed by atoms with Crippen molar-refractivity contribution in [1.29, 1.82) is 0 Å². The van der Waals surface area contributed by atoms with E-state index in [1.807, 2.05) is 25.3 Å². The summed E-state index contributed by atoms with van der Waals surface area (Å²) in [4.78, 5) is 28.9. The number of aryl methyl sites for hydroxylation is 2. The average Bonchev–Trinajstić information content (AvgIpc) is 2.98. The summed E-state index contributed by atoms with van der Waals surface area (Å²) in [7, 11) is 0. The predicted octanol–water partition coefficient (Wildman–Crippen LogP) is 2.81. The van der Waals surface area contributed by atoms with E-state index >= 15 is 0 Å². The molecule has 7 nitrogen and oxygen atoms in total. The fourth-order valence-corrected chi connectivity index (χ4v) is 2.92. The van der Waals surface area contributed by atoms with Crippen molar-refractivity contribution < 1.29 is 14.7 Å². The molecule has 0 aliphatic carbocycles. The van der Waals surface area contributed by atoms with Gasteiger partial charge in [-0.25, -0.2) is 4.98 Å². The lowest BCUT2D eigenvalue weighted by atomic mass is 10.2. The van der Waals surface area contributed by atoms with Gasteiger partial charge >= 0.3 is 0 Å². The van der Waals surface area contributed by atoms with Gasteiger partial charge in [0.05, 0.1) is 11.4 Å². The molecule has 0 unspecified atom stereocenters. The number of nitrogens with zero attached hydrogens (tertiary/aromatic N) is 2. The van der Waals surface area contributed by atoms with Gasteiger partial charge < -0.3 is 15.7 Å². The number of carbonyl (C=O) groups is 2. The smallest absolute Gasteiger partial charge is 0.270 e. The normalized spacial score (nSPS) is 10.7. The molecule has 0 aliphatic rings. The quantitative estimate of drug-likeness (QED) is 0.462. The van der Waals surface area contributed by atoms with E-state index in [1.165, 1.54) is 6.07 Å². The first kappa shape index (κ1) is 18.4. The van der Waals surface area contributed by atoms with E-state index in [4.69, 9.17) is 0 Å². The molecule has 0 aliphatic heterocycles. The number of phenols is 1.